The van der Waals surface area contributed by atoms with E-state index >= 15 is 0 Å². The van der Waals surface area contributed by atoms with Crippen molar-refractivity contribution in [3.05, 3.63) is 65.0 Å². The smallest absolute Gasteiger partial charge is 0.251 e. The van der Waals surface area contributed by atoms with Crippen LogP contribution in [-0.2, 0) is 0 Å². The quantitative estimate of drug-likeness (QED) is 0.883. The van der Waals surface area contributed by atoms with Crippen molar-refractivity contribution in [3.63, 3.8) is 0 Å². The molecule has 112 valence electrons. The molecule has 1 atom stereocenters. The minimum Gasteiger partial charge on any atom is -0.352 e. The third-order valence-electron chi connectivity index (χ3n) is 3.33. The number of nitrogens with two attached hydrogens (primary N) is 1. The van der Waals surface area contributed by atoms with E-state index < -0.39 is 0 Å². The third-order valence-corrected chi connectivity index (χ3v) is 3.33. The van der Waals surface area contributed by atoms with Gasteiger partial charge in [-0.05, 0) is 55.3 Å². The van der Waals surface area contributed by atoms with Crippen molar-refractivity contribution in [3.8, 4) is 6.07 Å². The van der Waals surface area contributed by atoms with Gasteiger partial charge in [0, 0.05) is 24.3 Å². The lowest BCUT2D eigenvalue weighted by atomic mass is 10.1. The molecule has 5 nitrogen and oxygen atoms in total. The zero-order valence-corrected chi connectivity index (χ0v) is 12.4. The molecule has 2 rings (SSSR count). The predicted molar refractivity (Wildman–Crippen MR) is 84.0 cm³/mol. The molecule has 3 N–H and O–H groups in total. The van der Waals surface area contributed by atoms with Gasteiger partial charge >= 0.3 is 0 Å². The lowest BCUT2D eigenvalue weighted by Crippen LogP contribution is -2.27. The average Bonchev–Trinajstić information content (AvgIpc) is 2.54. The Morgan fingerprint density at radius 1 is 1.36 bits per heavy atom. The molecule has 1 aromatic carbocycles. The van der Waals surface area contributed by atoms with Crippen molar-refractivity contribution >= 4 is 5.91 Å². The standard InChI is InChI=1S/C17H18N4O/c1-12-6-8-20-16(10-12)15(19)7-9-21-17(22)14-4-2-13(11-18)3-5-14/h2-6,8,10,15H,7,9,19H2,1H3,(H,21,22). The number of nitrogens with one attached hydrogen (secondary N) is 1. The minimum absolute atomic E-state index is 0.172. The van der Waals surface area contributed by atoms with Crippen LogP contribution in [0.1, 0.15) is 39.6 Å². The average molecular weight is 294 g/mol. The first-order valence-electron chi connectivity index (χ1n) is 7.06. The number of amides is 1. The molecule has 1 aromatic heterocycles. The molecule has 22 heavy (non-hydrogen) atoms. The number of benzene rings is 1. The molecule has 0 aliphatic heterocycles. The fourth-order valence-corrected chi connectivity index (χ4v) is 2.05. The van der Waals surface area contributed by atoms with Crippen LogP contribution in [0.25, 0.3) is 0 Å². The second kappa shape index (κ2) is 7.34. The molecule has 5 heteroatoms. The molecular weight excluding hydrogens is 276 g/mol. The maximum absolute atomic E-state index is 12.0. The molecule has 0 fully saturated rings. The van der Waals surface area contributed by atoms with Gasteiger partial charge in [0.15, 0.2) is 0 Å². The first-order chi connectivity index (χ1) is 10.6. The first kappa shape index (κ1) is 15.7. The summed E-state index contributed by atoms with van der Waals surface area (Å²) in [6.07, 6.45) is 2.35. The van der Waals surface area contributed by atoms with Gasteiger partial charge in [-0.25, -0.2) is 0 Å². The van der Waals surface area contributed by atoms with Crippen molar-refractivity contribution in [2.24, 2.45) is 5.73 Å². The van der Waals surface area contributed by atoms with Crippen molar-refractivity contribution in [1.82, 2.24) is 10.3 Å². The highest BCUT2D eigenvalue weighted by atomic mass is 16.1. The van der Waals surface area contributed by atoms with Gasteiger partial charge < -0.3 is 11.1 Å². The van der Waals surface area contributed by atoms with Crippen LogP contribution in [0.15, 0.2) is 42.6 Å². The van der Waals surface area contributed by atoms with Gasteiger partial charge in [0.05, 0.1) is 17.3 Å². The fourth-order valence-electron chi connectivity index (χ4n) is 2.05. The van der Waals surface area contributed by atoms with Crippen LogP contribution in [0, 0.1) is 18.3 Å². The highest BCUT2D eigenvalue weighted by molar-refractivity contribution is 5.94. The van der Waals surface area contributed by atoms with E-state index in [1.165, 1.54) is 0 Å². The topological polar surface area (TPSA) is 91.8 Å². The van der Waals surface area contributed by atoms with E-state index in [1.54, 1.807) is 30.5 Å². The van der Waals surface area contributed by atoms with Gasteiger partial charge in [0.2, 0.25) is 0 Å². The Hall–Kier alpha value is -2.71. The van der Waals surface area contributed by atoms with Crippen LogP contribution < -0.4 is 11.1 Å². The molecule has 0 aliphatic carbocycles. The Morgan fingerprint density at radius 3 is 2.73 bits per heavy atom. The van der Waals surface area contributed by atoms with Crippen molar-refractivity contribution in [2.75, 3.05) is 6.54 Å². The molecule has 2 aromatic rings. The fraction of sp³-hybridized carbons (Fsp3) is 0.235. The Labute approximate surface area is 129 Å². The molecular formula is C17H18N4O. The highest BCUT2D eigenvalue weighted by Gasteiger charge is 2.09. The van der Waals surface area contributed by atoms with Crippen molar-refractivity contribution < 1.29 is 4.79 Å². The molecule has 0 aliphatic rings. The number of aryl methyl sites for hydroxylation is 1. The van der Waals surface area contributed by atoms with Crippen molar-refractivity contribution in [2.45, 2.75) is 19.4 Å². The number of carbonyl (C=O) groups is 1. The van der Waals surface area contributed by atoms with Crippen molar-refractivity contribution in [1.29, 1.82) is 5.26 Å². The predicted octanol–water partition coefficient (Wildman–Crippen LogP) is 2.08. The van der Waals surface area contributed by atoms with E-state index in [-0.39, 0.29) is 11.9 Å². The second-order valence-electron chi connectivity index (χ2n) is 5.10. The lowest BCUT2D eigenvalue weighted by molar-refractivity contribution is 0.0952. The van der Waals surface area contributed by atoms with Gasteiger partial charge in [-0.3, -0.25) is 9.78 Å². The number of carbonyl (C=O) groups excluding carboxylic acids is 1. The Balaban J connectivity index is 1.85. The third kappa shape index (κ3) is 4.14. The van der Waals surface area contributed by atoms with E-state index in [0.29, 0.717) is 24.1 Å². The van der Waals surface area contributed by atoms with Gasteiger partial charge in [0.1, 0.15) is 0 Å². The Morgan fingerprint density at radius 2 is 2.09 bits per heavy atom. The summed E-state index contributed by atoms with van der Waals surface area (Å²) in [5, 5.41) is 11.5. The van der Waals surface area contributed by atoms with E-state index in [1.807, 2.05) is 25.1 Å². The monoisotopic (exact) mass is 294 g/mol. The van der Waals surface area contributed by atoms with Crippen LogP contribution in [0.3, 0.4) is 0 Å². The number of rotatable bonds is 5. The van der Waals surface area contributed by atoms with E-state index in [2.05, 4.69) is 10.3 Å². The number of aromatic nitrogens is 1. The van der Waals surface area contributed by atoms with Crippen LogP contribution >= 0.6 is 0 Å². The van der Waals surface area contributed by atoms with E-state index in [0.717, 1.165) is 11.3 Å². The zero-order valence-electron chi connectivity index (χ0n) is 12.4. The van der Waals surface area contributed by atoms with Crippen LogP contribution in [-0.4, -0.2) is 17.4 Å². The van der Waals surface area contributed by atoms with E-state index in [9.17, 15) is 4.79 Å². The maximum Gasteiger partial charge on any atom is 0.251 e. The van der Waals surface area contributed by atoms with Crippen LogP contribution in [0.2, 0.25) is 0 Å². The molecule has 1 heterocycles. The number of pyridine rings is 1. The summed E-state index contributed by atoms with van der Waals surface area (Å²) >= 11 is 0. The number of nitrogens with zero attached hydrogens (tertiary/aromatic N) is 2. The van der Waals surface area contributed by atoms with Gasteiger partial charge in [-0.1, -0.05) is 0 Å². The molecule has 0 spiro atoms. The number of hydrogen-bond donors (Lipinski definition) is 2. The van der Waals surface area contributed by atoms with Gasteiger partial charge in [-0.15, -0.1) is 0 Å². The van der Waals surface area contributed by atoms with Gasteiger partial charge in [-0.2, -0.15) is 5.26 Å². The summed E-state index contributed by atoms with van der Waals surface area (Å²) in [7, 11) is 0. The molecule has 1 unspecified atom stereocenters. The number of hydrogen-bond acceptors (Lipinski definition) is 4. The molecule has 0 saturated carbocycles. The lowest BCUT2D eigenvalue weighted by Gasteiger charge is -2.12. The normalized spacial score (nSPS) is 11.5. The first-order valence-corrected chi connectivity index (χ1v) is 7.06. The molecule has 0 radical (unpaired) electrons. The highest BCUT2D eigenvalue weighted by Crippen LogP contribution is 2.12. The summed E-state index contributed by atoms with van der Waals surface area (Å²) in [6, 6.07) is 12.2. The largest absolute Gasteiger partial charge is 0.352 e. The molecule has 1 amide bonds. The van der Waals surface area contributed by atoms with Gasteiger partial charge in [0.25, 0.3) is 5.91 Å². The Kier molecular flexibility index (Phi) is 5.23. The summed E-state index contributed by atoms with van der Waals surface area (Å²) in [5.41, 5.74) is 9.08. The zero-order chi connectivity index (χ0) is 15.9. The van der Waals surface area contributed by atoms with Crippen LogP contribution in [0.4, 0.5) is 0 Å². The number of nitriles is 1. The summed E-state index contributed by atoms with van der Waals surface area (Å²) in [6.45, 7) is 2.46. The summed E-state index contributed by atoms with van der Waals surface area (Å²) in [4.78, 5) is 16.2. The molecule has 0 bridgehead atoms. The molecule has 0 saturated heterocycles. The Bertz CT molecular complexity index is 689. The SMILES string of the molecule is Cc1ccnc(C(N)CCNC(=O)c2ccc(C#N)cc2)c1. The van der Waals surface area contributed by atoms with Crippen LogP contribution in [0.5, 0.6) is 0 Å². The summed E-state index contributed by atoms with van der Waals surface area (Å²) in [5.74, 6) is -0.172. The maximum atomic E-state index is 12.0. The second-order valence-corrected chi connectivity index (χ2v) is 5.10. The minimum atomic E-state index is -0.207. The van der Waals surface area contributed by atoms with E-state index in [4.69, 9.17) is 11.0 Å². The summed E-state index contributed by atoms with van der Waals surface area (Å²) < 4.78 is 0.